The zero-order valence-electron chi connectivity index (χ0n) is 8.16. The monoisotopic (exact) mass is 183 g/mol. The van der Waals surface area contributed by atoms with E-state index in [4.69, 9.17) is 4.74 Å². The van der Waals surface area contributed by atoms with Crippen molar-refractivity contribution in [2.24, 2.45) is 0 Å². The third-order valence-electron chi connectivity index (χ3n) is 2.32. The summed E-state index contributed by atoms with van der Waals surface area (Å²) in [5, 5.41) is 0. The van der Waals surface area contributed by atoms with Crippen molar-refractivity contribution in [1.29, 1.82) is 0 Å². The largest absolute Gasteiger partial charge is 0.376 e. The van der Waals surface area contributed by atoms with E-state index in [1.54, 1.807) is 4.90 Å². The fourth-order valence-corrected chi connectivity index (χ4v) is 1.54. The van der Waals surface area contributed by atoms with Gasteiger partial charge >= 0.3 is 0 Å². The van der Waals surface area contributed by atoms with Gasteiger partial charge in [0, 0.05) is 19.7 Å². The summed E-state index contributed by atoms with van der Waals surface area (Å²) in [4.78, 5) is 13.0. The lowest BCUT2D eigenvalue weighted by molar-refractivity contribution is -0.127. The second kappa shape index (κ2) is 5.02. The zero-order chi connectivity index (χ0) is 9.68. The van der Waals surface area contributed by atoms with E-state index < -0.39 is 0 Å². The normalized spacial score (nSPS) is 21.5. The topological polar surface area (TPSA) is 29.5 Å². The van der Waals surface area contributed by atoms with Crippen molar-refractivity contribution in [3.05, 3.63) is 12.7 Å². The van der Waals surface area contributed by atoms with E-state index in [1.165, 1.54) is 6.08 Å². The van der Waals surface area contributed by atoms with E-state index in [-0.39, 0.29) is 12.0 Å². The van der Waals surface area contributed by atoms with Crippen LogP contribution in [0.4, 0.5) is 0 Å². The summed E-state index contributed by atoms with van der Waals surface area (Å²) < 4.78 is 5.45. The van der Waals surface area contributed by atoms with Crippen LogP contribution in [0.25, 0.3) is 0 Å². The second-order valence-electron chi connectivity index (χ2n) is 3.22. The van der Waals surface area contributed by atoms with Crippen molar-refractivity contribution < 1.29 is 9.53 Å². The van der Waals surface area contributed by atoms with Gasteiger partial charge in [-0.3, -0.25) is 4.79 Å². The molecule has 3 nitrogen and oxygen atoms in total. The summed E-state index contributed by atoms with van der Waals surface area (Å²) in [6.45, 7) is 7.71. The summed E-state index contributed by atoms with van der Waals surface area (Å²) in [6.07, 6.45) is 3.79. The molecule has 0 spiro atoms. The number of amides is 1. The first-order valence-corrected chi connectivity index (χ1v) is 4.81. The molecule has 74 valence electrons. The number of hydrogen-bond donors (Lipinski definition) is 0. The van der Waals surface area contributed by atoms with Crippen molar-refractivity contribution in [1.82, 2.24) is 4.90 Å². The number of carbonyl (C=O) groups is 1. The fraction of sp³-hybridized carbons (Fsp3) is 0.700. The molecule has 0 saturated carbocycles. The van der Waals surface area contributed by atoms with Crippen LogP contribution >= 0.6 is 0 Å². The zero-order valence-corrected chi connectivity index (χ0v) is 8.16. The van der Waals surface area contributed by atoms with Gasteiger partial charge in [0.05, 0.1) is 6.10 Å². The summed E-state index contributed by atoms with van der Waals surface area (Å²) in [5.74, 6) is -0.00185. The van der Waals surface area contributed by atoms with Crippen LogP contribution in [0.3, 0.4) is 0 Å². The second-order valence-corrected chi connectivity index (χ2v) is 3.22. The molecule has 1 amide bonds. The maximum Gasteiger partial charge on any atom is 0.246 e. The average molecular weight is 183 g/mol. The summed E-state index contributed by atoms with van der Waals surface area (Å²) in [7, 11) is 0. The third-order valence-corrected chi connectivity index (χ3v) is 2.32. The highest BCUT2D eigenvalue weighted by atomic mass is 16.5. The molecule has 0 aromatic heterocycles. The Kier molecular flexibility index (Phi) is 3.96. The minimum atomic E-state index is -0.00185. The van der Waals surface area contributed by atoms with Crippen LogP contribution in [-0.2, 0) is 9.53 Å². The van der Waals surface area contributed by atoms with Gasteiger partial charge in [-0.25, -0.2) is 0 Å². The molecule has 1 saturated heterocycles. The lowest BCUT2D eigenvalue weighted by Gasteiger charge is -2.22. The molecule has 1 unspecified atom stereocenters. The van der Waals surface area contributed by atoms with Crippen LogP contribution < -0.4 is 0 Å². The van der Waals surface area contributed by atoms with Crippen molar-refractivity contribution in [3.8, 4) is 0 Å². The molecule has 0 aliphatic carbocycles. The van der Waals surface area contributed by atoms with Crippen LogP contribution in [0.2, 0.25) is 0 Å². The molecule has 1 atom stereocenters. The maximum absolute atomic E-state index is 11.3. The van der Waals surface area contributed by atoms with Gasteiger partial charge in [-0.2, -0.15) is 0 Å². The van der Waals surface area contributed by atoms with Crippen LogP contribution in [-0.4, -0.2) is 36.6 Å². The van der Waals surface area contributed by atoms with Gasteiger partial charge in [0.1, 0.15) is 0 Å². The molecule has 0 N–H and O–H groups in total. The van der Waals surface area contributed by atoms with Gasteiger partial charge in [0.2, 0.25) is 5.91 Å². The molecule has 3 heteroatoms. The average Bonchev–Trinajstić information content (AvgIpc) is 2.65. The summed E-state index contributed by atoms with van der Waals surface area (Å²) in [5.41, 5.74) is 0. The SMILES string of the molecule is C=CC(=O)N(CC)CC1CCCO1. The van der Waals surface area contributed by atoms with Crippen LogP contribution in [0.1, 0.15) is 19.8 Å². The van der Waals surface area contributed by atoms with E-state index >= 15 is 0 Å². The van der Waals surface area contributed by atoms with E-state index in [2.05, 4.69) is 6.58 Å². The number of likely N-dealkylation sites (N-methyl/N-ethyl adjacent to an activating group) is 1. The standard InChI is InChI=1S/C10H17NO2/c1-3-10(12)11(4-2)8-9-6-5-7-13-9/h3,9H,1,4-8H2,2H3. The molecule has 1 fully saturated rings. The summed E-state index contributed by atoms with van der Waals surface area (Å²) in [6, 6.07) is 0. The molecule has 0 bridgehead atoms. The number of hydrogen-bond acceptors (Lipinski definition) is 2. The maximum atomic E-state index is 11.3. The predicted octanol–water partition coefficient (Wildman–Crippen LogP) is 1.20. The Hall–Kier alpha value is -0.830. The number of carbonyl (C=O) groups excluding carboxylic acids is 1. The first-order valence-electron chi connectivity index (χ1n) is 4.81. The Morgan fingerprint density at radius 3 is 3.00 bits per heavy atom. The first kappa shape index (κ1) is 10.3. The minimum Gasteiger partial charge on any atom is -0.376 e. The van der Waals surface area contributed by atoms with E-state index in [0.717, 1.165) is 26.0 Å². The van der Waals surface area contributed by atoms with Crippen molar-refractivity contribution in [2.75, 3.05) is 19.7 Å². The Balaban J connectivity index is 2.38. The smallest absolute Gasteiger partial charge is 0.246 e. The van der Waals surface area contributed by atoms with E-state index in [9.17, 15) is 4.79 Å². The molecular weight excluding hydrogens is 166 g/mol. The molecule has 1 heterocycles. The van der Waals surface area contributed by atoms with Gasteiger partial charge in [-0.1, -0.05) is 6.58 Å². The fourth-order valence-electron chi connectivity index (χ4n) is 1.54. The van der Waals surface area contributed by atoms with Crippen LogP contribution in [0, 0.1) is 0 Å². The molecule has 13 heavy (non-hydrogen) atoms. The Labute approximate surface area is 79.4 Å². The molecule has 0 radical (unpaired) electrons. The molecule has 0 aromatic carbocycles. The molecule has 0 aromatic rings. The minimum absolute atomic E-state index is 0.00185. The Morgan fingerprint density at radius 1 is 1.77 bits per heavy atom. The molecular formula is C10H17NO2. The number of nitrogens with zero attached hydrogens (tertiary/aromatic N) is 1. The van der Waals surface area contributed by atoms with Crippen molar-refractivity contribution in [2.45, 2.75) is 25.9 Å². The Bertz CT molecular complexity index is 185. The lowest BCUT2D eigenvalue weighted by Crippen LogP contribution is -2.36. The number of rotatable bonds is 4. The van der Waals surface area contributed by atoms with Crippen molar-refractivity contribution in [3.63, 3.8) is 0 Å². The van der Waals surface area contributed by atoms with Crippen LogP contribution in [0.15, 0.2) is 12.7 Å². The summed E-state index contributed by atoms with van der Waals surface area (Å²) >= 11 is 0. The highest BCUT2D eigenvalue weighted by Gasteiger charge is 2.19. The van der Waals surface area contributed by atoms with E-state index in [1.807, 2.05) is 6.92 Å². The van der Waals surface area contributed by atoms with Gasteiger partial charge in [-0.15, -0.1) is 0 Å². The Morgan fingerprint density at radius 2 is 2.54 bits per heavy atom. The van der Waals surface area contributed by atoms with E-state index in [0.29, 0.717) is 6.54 Å². The third kappa shape index (κ3) is 2.84. The van der Waals surface area contributed by atoms with Crippen molar-refractivity contribution >= 4 is 5.91 Å². The van der Waals surface area contributed by atoms with Gasteiger partial charge in [0.25, 0.3) is 0 Å². The van der Waals surface area contributed by atoms with Gasteiger partial charge in [-0.05, 0) is 25.8 Å². The lowest BCUT2D eigenvalue weighted by atomic mass is 10.2. The highest BCUT2D eigenvalue weighted by Crippen LogP contribution is 2.13. The highest BCUT2D eigenvalue weighted by molar-refractivity contribution is 5.86. The van der Waals surface area contributed by atoms with Gasteiger partial charge in [0.15, 0.2) is 0 Å². The predicted molar refractivity (Wildman–Crippen MR) is 51.4 cm³/mol. The molecule has 1 aliphatic rings. The van der Waals surface area contributed by atoms with Gasteiger partial charge < -0.3 is 9.64 Å². The molecule has 1 rings (SSSR count). The molecule has 1 aliphatic heterocycles. The van der Waals surface area contributed by atoms with Crippen LogP contribution in [0.5, 0.6) is 0 Å². The first-order chi connectivity index (χ1) is 6.27. The quantitative estimate of drug-likeness (QED) is 0.613. The number of ether oxygens (including phenoxy) is 1.